The molecule has 6 heteroatoms. The minimum atomic E-state index is -0.744. The zero-order valence-corrected chi connectivity index (χ0v) is 18.4. The summed E-state index contributed by atoms with van der Waals surface area (Å²) in [6.07, 6.45) is 2.46. The Morgan fingerprint density at radius 3 is 2.63 bits per heavy atom. The molecular weight excluding hydrogens is 385 g/mol. The second-order valence-corrected chi connectivity index (χ2v) is 8.48. The van der Waals surface area contributed by atoms with Gasteiger partial charge in [0.2, 0.25) is 0 Å². The highest BCUT2D eigenvalue weighted by atomic mass is 19.1. The number of rotatable bonds is 6. The molecule has 0 aromatic heterocycles. The van der Waals surface area contributed by atoms with Gasteiger partial charge in [-0.3, -0.25) is 9.69 Å². The topological polar surface area (TPSA) is 48.0 Å². The van der Waals surface area contributed by atoms with Crippen LogP contribution < -0.4 is 9.47 Å². The average molecular weight is 418 g/mol. The molecule has 1 aromatic rings. The number of benzene rings is 1. The first kappa shape index (κ1) is 22.4. The van der Waals surface area contributed by atoms with E-state index in [0.29, 0.717) is 5.92 Å². The highest BCUT2D eigenvalue weighted by molar-refractivity contribution is 5.72. The van der Waals surface area contributed by atoms with Crippen molar-refractivity contribution >= 4 is 5.97 Å². The number of esters is 1. The summed E-state index contributed by atoms with van der Waals surface area (Å²) in [5.41, 5.74) is 2.48. The summed E-state index contributed by atoms with van der Waals surface area (Å²) in [6, 6.07) is 4.31. The molecule has 2 aliphatic heterocycles. The van der Waals surface area contributed by atoms with Gasteiger partial charge in [0.05, 0.1) is 14.2 Å². The first-order valence-corrected chi connectivity index (χ1v) is 10.7. The Morgan fingerprint density at radius 1 is 1.23 bits per heavy atom. The minimum absolute atomic E-state index is 0.0647. The number of hydrogen-bond acceptors (Lipinski definition) is 5. The molecule has 2 aliphatic rings. The second-order valence-electron chi connectivity index (χ2n) is 8.48. The van der Waals surface area contributed by atoms with Crippen molar-refractivity contribution in [3.05, 3.63) is 23.3 Å². The van der Waals surface area contributed by atoms with Crippen LogP contribution in [0, 0.1) is 23.7 Å². The third kappa shape index (κ3) is 5.07. The van der Waals surface area contributed by atoms with Crippen LogP contribution in [0.15, 0.2) is 12.1 Å². The van der Waals surface area contributed by atoms with Crippen LogP contribution in [-0.2, 0) is 16.0 Å². The summed E-state index contributed by atoms with van der Waals surface area (Å²) in [6.45, 7) is 5.52. The number of fused-ring (bicyclic) bond motifs is 3. The molecule has 0 radical (unpaired) electrons. The van der Waals surface area contributed by atoms with E-state index in [1.807, 2.05) is 0 Å². The monoisotopic (exact) mass is 417 g/mol. The van der Waals surface area contributed by atoms with Gasteiger partial charge in [0.1, 0.15) is 19.2 Å². The van der Waals surface area contributed by atoms with E-state index in [-0.39, 0.29) is 30.5 Å². The molecule has 3 rings (SSSR count). The average Bonchev–Trinajstić information content (AvgIpc) is 2.72. The minimum Gasteiger partial charge on any atom is -0.493 e. The molecule has 0 amide bonds. The van der Waals surface area contributed by atoms with Gasteiger partial charge in [-0.1, -0.05) is 25.7 Å². The fourth-order valence-corrected chi connectivity index (χ4v) is 4.77. The van der Waals surface area contributed by atoms with E-state index in [1.54, 1.807) is 14.2 Å². The van der Waals surface area contributed by atoms with Gasteiger partial charge < -0.3 is 14.2 Å². The van der Waals surface area contributed by atoms with Gasteiger partial charge in [0, 0.05) is 31.5 Å². The molecule has 30 heavy (non-hydrogen) atoms. The number of carbonyl (C=O) groups is 1. The van der Waals surface area contributed by atoms with Gasteiger partial charge in [-0.2, -0.15) is 0 Å². The van der Waals surface area contributed by atoms with Gasteiger partial charge in [-0.05, 0) is 42.0 Å². The van der Waals surface area contributed by atoms with Crippen LogP contribution in [0.25, 0.3) is 0 Å². The van der Waals surface area contributed by atoms with Crippen molar-refractivity contribution < 1.29 is 23.4 Å². The number of hydrogen-bond donors (Lipinski definition) is 0. The molecule has 0 bridgehead atoms. The predicted molar refractivity (Wildman–Crippen MR) is 113 cm³/mol. The van der Waals surface area contributed by atoms with Crippen LogP contribution in [0.1, 0.15) is 50.3 Å². The smallest absolute Gasteiger partial charge is 0.318 e. The fraction of sp³-hybridized carbons (Fsp3) is 0.625. The number of nitrogens with zero attached hydrogens (tertiary/aromatic N) is 1. The molecule has 0 N–H and O–H groups in total. The standard InChI is InChI=1S/C24H32FNO4/c1-16(2)11-18-15-26-10-8-17-12-22(28-3)23(29-4)13-19(17)20(26)14-21(18)30-24(27)7-5-6-9-25/h12-13,16,18,20-21H,7-11,14-15H2,1-4H3/t18-,20-,21-/m1/s1. The first-order chi connectivity index (χ1) is 14.5. The zero-order chi connectivity index (χ0) is 21.7. The Kier molecular flexibility index (Phi) is 7.60. The lowest BCUT2D eigenvalue weighted by atomic mass is 9.79. The third-order valence-electron chi connectivity index (χ3n) is 6.05. The number of alkyl halides is 1. The lowest BCUT2D eigenvalue weighted by Gasteiger charge is -2.47. The van der Waals surface area contributed by atoms with Crippen LogP contribution >= 0.6 is 0 Å². The number of methoxy groups -OCH3 is 2. The molecule has 0 spiro atoms. The highest BCUT2D eigenvalue weighted by Crippen LogP contribution is 2.44. The Morgan fingerprint density at radius 2 is 1.97 bits per heavy atom. The Bertz CT molecular complexity index is 813. The van der Waals surface area contributed by atoms with Crippen LogP contribution in [0.2, 0.25) is 0 Å². The first-order valence-electron chi connectivity index (χ1n) is 10.7. The largest absolute Gasteiger partial charge is 0.493 e. The van der Waals surface area contributed by atoms with Gasteiger partial charge >= 0.3 is 5.97 Å². The Hall–Kier alpha value is -2.26. The molecule has 1 aromatic carbocycles. The number of carbonyl (C=O) groups excluding carboxylic acids is 1. The number of piperidine rings is 1. The van der Waals surface area contributed by atoms with Gasteiger partial charge in [0.15, 0.2) is 11.5 Å². The quantitative estimate of drug-likeness (QED) is 0.518. The zero-order valence-electron chi connectivity index (χ0n) is 18.4. The van der Waals surface area contributed by atoms with E-state index in [4.69, 9.17) is 14.2 Å². The Balaban J connectivity index is 1.84. The van der Waals surface area contributed by atoms with E-state index >= 15 is 0 Å². The molecule has 3 atom stereocenters. The lowest BCUT2D eigenvalue weighted by Crippen LogP contribution is -2.49. The SMILES string of the molecule is COc1cc2c(cc1OC)[C@H]1C[C@@H](OC(=O)CC#CCF)[C@H](CC(C)C)CN1CC2. The summed E-state index contributed by atoms with van der Waals surface area (Å²) >= 11 is 0. The maximum atomic E-state index is 12.3. The normalized spacial score (nSPS) is 23.1. The number of halogens is 1. The van der Waals surface area contributed by atoms with Crippen molar-refractivity contribution in [2.45, 2.75) is 51.7 Å². The molecular formula is C24H32FNO4. The second kappa shape index (κ2) is 10.2. The summed E-state index contributed by atoms with van der Waals surface area (Å²) in [4.78, 5) is 14.8. The summed E-state index contributed by atoms with van der Waals surface area (Å²) < 4.78 is 29.1. The van der Waals surface area contributed by atoms with Crippen molar-refractivity contribution in [3.8, 4) is 23.3 Å². The molecule has 5 nitrogen and oxygen atoms in total. The lowest BCUT2D eigenvalue weighted by molar-refractivity contribution is -0.156. The van der Waals surface area contributed by atoms with Crippen LogP contribution in [0.5, 0.6) is 11.5 Å². The molecule has 1 saturated heterocycles. The van der Waals surface area contributed by atoms with Gasteiger partial charge in [-0.25, -0.2) is 4.39 Å². The van der Waals surface area contributed by atoms with Crippen molar-refractivity contribution in [1.82, 2.24) is 4.90 Å². The summed E-state index contributed by atoms with van der Waals surface area (Å²) in [5, 5.41) is 0. The van der Waals surface area contributed by atoms with Crippen LogP contribution in [0.4, 0.5) is 4.39 Å². The molecule has 2 heterocycles. The fourth-order valence-electron chi connectivity index (χ4n) is 4.77. The molecule has 164 valence electrons. The number of ether oxygens (including phenoxy) is 3. The Labute approximate surface area is 178 Å². The van der Waals surface area contributed by atoms with Crippen molar-refractivity contribution in [1.29, 1.82) is 0 Å². The van der Waals surface area contributed by atoms with Gasteiger partial charge in [0.25, 0.3) is 0 Å². The molecule has 0 unspecified atom stereocenters. The van der Waals surface area contributed by atoms with Crippen LogP contribution in [-0.4, -0.2) is 51.0 Å². The molecule has 0 saturated carbocycles. The van der Waals surface area contributed by atoms with Crippen LogP contribution in [0.3, 0.4) is 0 Å². The highest BCUT2D eigenvalue weighted by Gasteiger charge is 2.41. The summed E-state index contributed by atoms with van der Waals surface area (Å²) in [5.74, 6) is 6.72. The van der Waals surface area contributed by atoms with E-state index < -0.39 is 6.67 Å². The van der Waals surface area contributed by atoms with Crippen molar-refractivity contribution in [3.63, 3.8) is 0 Å². The van der Waals surface area contributed by atoms with Gasteiger partial charge in [-0.15, -0.1) is 0 Å². The third-order valence-corrected chi connectivity index (χ3v) is 6.05. The maximum Gasteiger partial charge on any atom is 0.318 e. The maximum absolute atomic E-state index is 12.3. The van der Waals surface area contributed by atoms with E-state index in [1.165, 1.54) is 11.1 Å². The molecule has 0 aliphatic carbocycles. The van der Waals surface area contributed by atoms with Crippen molar-refractivity contribution in [2.75, 3.05) is 34.0 Å². The summed E-state index contributed by atoms with van der Waals surface area (Å²) in [7, 11) is 3.30. The van der Waals surface area contributed by atoms with Crippen molar-refractivity contribution in [2.24, 2.45) is 11.8 Å². The van der Waals surface area contributed by atoms with E-state index in [0.717, 1.165) is 43.9 Å². The van der Waals surface area contributed by atoms with E-state index in [2.05, 4.69) is 42.7 Å². The van der Waals surface area contributed by atoms with E-state index in [9.17, 15) is 9.18 Å². The molecule has 1 fully saturated rings. The predicted octanol–water partition coefficient (Wildman–Crippen LogP) is 3.94.